The number of nitrogens with two attached hydrogens (primary N) is 2. The normalized spacial score (nSPS) is 20.9. The van der Waals surface area contributed by atoms with Crippen LogP contribution in [0.2, 0.25) is 0 Å². The fourth-order valence-corrected chi connectivity index (χ4v) is 5.80. The number of benzene rings is 1. The summed E-state index contributed by atoms with van der Waals surface area (Å²) >= 11 is 0. The van der Waals surface area contributed by atoms with Gasteiger partial charge in [0.2, 0.25) is 0 Å². The van der Waals surface area contributed by atoms with Gasteiger partial charge in [0.15, 0.2) is 0 Å². The zero-order chi connectivity index (χ0) is 26.3. The minimum atomic E-state index is 0.0245. The summed E-state index contributed by atoms with van der Waals surface area (Å²) < 4.78 is 5.50. The van der Waals surface area contributed by atoms with Crippen LogP contribution in [0.4, 0.5) is 0 Å². The molecular weight excluding hydrogens is 450 g/mol. The van der Waals surface area contributed by atoms with E-state index in [0.717, 1.165) is 41.4 Å². The first-order valence-electron chi connectivity index (χ1n) is 12.7. The lowest BCUT2D eigenvalue weighted by Crippen LogP contribution is -2.61. The van der Waals surface area contributed by atoms with Gasteiger partial charge in [0.05, 0.1) is 24.6 Å². The number of hydrogen-bond acceptors (Lipinski definition) is 7. The van der Waals surface area contributed by atoms with E-state index in [4.69, 9.17) is 16.2 Å². The van der Waals surface area contributed by atoms with Crippen LogP contribution < -0.4 is 16.8 Å². The highest BCUT2D eigenvalue weighted by Crippen LogP contribution is 2.35. The van der Waals surface area contributed by atoms with E-state index in [-0.39, 0.29) is 16.8 Å². The molecule has 2 aliphatic rings. The van der Waals surface area contributed by atoms with Gasteiger partial charge in [-0.2, -0.15) is 0 Å². The molecule has 7 nitrogen and oxygen atoms in total. The second kappa shape index (κ2) is 9.79. The van der Waals surface area contributed by atoms with Gasteiger partial charge in [-0.3, -0.25) is 4.98 Å². The Bertz CT molecular complexity index is 1230. The van der Waals surface area contributed by atoms with Crippen LogP contribution in [0.1, 0.15) is 63.8 Å². The van der Waals surface area contributed by atoms with Gasteiger partial charge >= 0.3 is 0 Å². The SMILES string of the molecule is Cc1cc(C2=CCOCC2)c2cc(/C(N)=C/C=C(\N)N(C)C3CC(C)(C)NC(C)(C)C3)c(O)cc2n1. The number of fused-ring (bicyclic) bond motifs is 1. The fraction of sp³-hybridized carbons (Fsp3) is 0.483. The lowest BCUT2D eigenvalue weighted by Gasteiger charge is -2.49. The van der Waals surface area contributed by atoms with Gasteiger partial charge < -0.3 is 31.5 Å². The molecule has 1 aromatic carbocycles. The number of aromatic nitrogens is 1. The molecule has 36 heavy (non-hydrogen) atoms. The number of hydrogen-bond donors (Lipinski definition) is 4. The minimum Gasteiger partial charge on any atom is -0.507 e. The van der Waals surface area contributed by atoms with E-state index >= 15 is 0 Å². The number of nitrogens with one attached hydrogen (secondary N) is 1. The highest BCUT2D eigenvalue weighted by molar-refractivity contribution is 5.95. The van der Waals surface area contributed by atoms with Crippen molar-refractivity contribution in [3.63, 3.8) is 0 Å². The van der Waals surface area contributed by atoms with Crippen LogP contribution >= 0.6 is 0 Å². The molecule has 0 radical (unpaired) electrons. The zero-order valence-corrected chi connectivity index (χ0v) is 22.5. The predicted molar refractivity (Wildman–Crippen MR) is 148 cm³/mol. The van der Waals surface area contributed by atoms with Gasteiger partial charge in [-0.1, -0.05) is 6.08 Å². The molecule has 0 unspecified atom stereocenters. The molecule has 0 spiro atoms. The highest BCUT2D eigenvalue weighted by Gasteiger charge is 2.39. The van der Waals surface area contributed by atoms with Crippen LogP contribution in [0, 0.1) is 6.92 Å². The summed E-state index contributed by atoms with van der Waals surface area (Å²) in [6.45, 7) is 12.2. The molecule has 1 fully saturated rings. The summed E-state index contributed by atoms with van der Waals surface area (Å²) in [4.78, 5) is 6.78. The highest BCUT2D eigenvalue weighted by atomic mass is 16.5. The number of aromatic hydroxyl groups is 1. The Morgan fingerprint density at radius 1 is 1.14 bits per heavy atom. The number of rotatable bonds is 5. The van der Waals surface area contributed by atoms with Crippen LogP contribution in [-0.2, 0) is 4.74 Å². The Morgan fingerprint density at radius 2 is 1.83 bits per heavy atom. The van der Waals surface area contributed by atoms with Crippen molar-refractivity contribution in [3.05, 3.63) is 59.1 Å². The molecule has 7 heteroatoms. The molecule has 2 aromatic rings. The molecule has 0 saturated carbocycles. The van der Waals surface area contributed by atoms with Crippen molar-refractivity contribution < 1.29 is 9.84 Å². The first-order chi connectivity index (χ1) is 16.8. The smallest absolute Gasteiger partial charge is 0.127 e. The second-order valence-corrected chi connectivity index (χ2v) is 11.5. The average molecular weight is 492 g/mol. The number of pyridine rings is 1. The molecule has 2 aliphatic heterocycles. The number of aryl methyl sites for hydroxylation is 1. The van der Waals surface area contributed by atoms with Crippen LogP contribution in [0.25, 0.3) is 22.2 Å². The zero-order valence-electron chi connectivity index (χ0n) is 22.5. The maximum atomic E-state index is 10.8. The van der Waals surface area contributed by atoms with E-state index in [1.165, 1.54) is 5.57 Å². The molecule has 1 aromatic heterocycles. The van der Waals surface area contributed by atoms with Gasteiger partial charge in [0, 0.05) is 52.6 Å². The van der Waals surface area contributed by atoms with E-state index in [1.807, 2.05) is 26.1 Å². The number of allylic oxidation sites excluding steroid dienone is 2. The molecule has 0 bridgehead atoms. The fourth-order valence-electron chi connectivity index (χ4n) is 5.80. The van der Waals surface area contributed by atoms with Crippen molar-refractivity contribution in [1.82, 2.24) is 15.2 Å². The third-order valence-electron chi connectivity index (χ3n) is 7.23. The standard InChI is InChI=1S/C29H41N5O2/c1-18-13-21(19-9-11-36-12-10-19)22-14-23(26(35)15-25(22)32-18)24(30)7-8-27(31)34(6)20-16-28(2,3)33-29(4,5)17-20/h7-9,13-15,20,33,35H,10-12,16-17,30-31H2,1-6H3/b24-7-,27-8+. The lowest BCUT2D eigenvalue weighted by molar-refractivity contribution is 0.0981. The van der Waals surface area contributed by atoms with Crippen molar-refractivity contribution in [1.29, 1.82) is 0 Å². The van der Waals surface area contributed by atoms with E-state index in [1.54, 1.807) is 12.1 Å². The van der Waals surface area contributed by atoms with Gasteiger partial charge in [0.25, 0.3) is 0 Å². The Balaban J connectivity index is 1.65. The third-order valence-corrected chi connectivity index (χ3v) is 7.23. The first-order valence-corrected chi connectivity index (χ1v) is 12.7. The van der Waals surface area contributed by atoms with Crippen molar-refractivity contribution in [2.75, 3.05) is 20.3 Å². The molecule has 1 saturated heterocycles. The number of ether oxygens (including phenoxy) is 1. The van der Waals surface area contributed by atoms with Crippen LogP contribution in [0.15, 0.2) is 42.2 Å². The summed E-state index contributed by atoms with van der Waals surface area (Å²) in [5.41, 5.74) is 18.0. The molecule has 0 aliphatic carbocycles. The summed E-state index contributed by atoms with van der Waals surface area (Å²) in [5.74, 6) is 0.741. The molecule has 4 rings (SSSR count). The van der Waals surface area contributed by atoms with Crippen LogP contribution in [-0.4, -0.2) is 52.4 Å². The number of phenols is 1. The van der Waals surface area contributed by atoms with E-state index in [9.17, 15) is 5.11 Å². The molecular formula is C29H41N5O2. The van der Waals surface area contributed by atoms with Crippen molar-refractivity contribution in [2.24, 2.45) is 11.5 Å². The van der Waals surface area contributed by atoms with Gasteiger partial charge in [-0.25, -0.2) is 0 Å². The number of nitrogens with zero attached hydrogens (tertiary/aromatic N) is 2. The van der Waals surface area contributed by atoms with Crippen LogP contribution in [0.5, 0.6) is 5.75 Å². The third kappa shape index (κ3) is 5.68. The maximum absolute atomic E-state index is 10.8. The summed E-state index contributed by atoms with van der Waals surface area (Å²) in [6.07, 6.45) is 8.54. The van der Waals surface area contributed by atoms with Crippen molar-refractivity contribution in [2.45, 2.75) is 71.0 Å². The number of piperidine rings is 1. The Labute approximate surface area is 214 Å². The van der Waals surface area contributed by atoms with E-state index < -0.39 is 0 Å². The van der Waals surface area contributed by atoms with Crippen molar-refractivity contribution >= 4 is 22.2 Å². The van der Waals surface area contributed by atoms with E-state index in [0.29, 0.717) is 36.3 Å². The molecule has 194 valence electrons. The minimum absolute atomic E-state index is 0.0245. The summed E-state index contributed by atoms with van der Waals surface area (Å²) in [5, 5.41) is 15.5. The Hall–Kier alpha value is -3.03. The monoisotopic (exact) mass is 491 g/mol. The average Bonchev–Trinajstić information content (AvgIpc) is 2.79. The van der Waals surface area contributed by atoms with Crippen LogP contribution in [0.3, 0.4) is 0 Å². The second-order valence-electron chi connectivity index (χ2n) is 11.5. The molecule has 6 N–H and O–H groups in total. The quantitative estimate of drug-likeness (QED) is 0.459. The molecule has 3 heterocycles. The lowest BCUT2D eigenvalue weighted by atomic mass is 9.79. The van der Waals surface area contributed by atoms with Gasteiger partial charge in [0.1, 0.15) is 5.75 Å². The first kappa shape index (κ1) is 26.0. The van der Waals surface area contributed by atoms with Gasteiger partial charge in [-0.05, 0) is 89.3 Å². The Morgan fingerprint density at radius 3 is 2.47 bits per heavy atom. The number of phenolic OH excluding ortho intramolecular Hbond substituents is 1. The molecule has 0 atom stereocenters. The van der Waals surface area contributed by atoms with E-state index in [2.05, 4.69) is 55.0 Å². The predicted octanol–water partition coefficient (Wildman–Crippen LogP) is 4.39. The molecule has 0 amide bonds. The maximum Gasteiger partial charge on any atom is 0.127 e. The van der Waals surface area contributed by atoms with Gasteiger partial charge in [-0.15, -0.1) is 0 Å². The van der Waals surface area contributed by atoms with Crippen molar-refractivity contribution in [3.8, 4) is 5.75 Å². The summed E-state index contributed by atoms with van der Waals surface area (Å²) in [7, 11) is 2.04. The summed E-state index contributed by atoms with van der Waals surface area (Å²) in [6, 6.07) is 6.02. The largest absolute Gasteiger partial charge is 0.507 e. The topological polar surface area (TPSA) is 110 Å². The Kier molecular flexibility index (Phi) is 7.08.